The first-order valence-electron chi connectivity index (χ1n) is 26.0. The van der Waals surface area contributed by atoms with Crippen LogP contribution in [0, 0.1) is 0 Å². The van der Waals surface area contributed by atoms with Crippen LogP contribution in [-0.2, 0) is 37.9 Å². The molecule has 2 bridgehead atoms. The average Bonchev–Trinajstić information content (AvgIpc) is 3.57. The van der Waals surface area contributed by atoms with Crippen molar-refractivity contribution in [1.82, 2.24) is 9.80 Å². The van der Waals surface area contributed by atoms with Crippen molar-refractivity contribution in [3.63, 3.8) is 0 Å². The zero-order valence-electron chi connectivity index (χ0n) is 45.2. The predicted octanol–water partition coefficient (Wildman–Crippen LogP) is -4.02. The fraction of sp³-hybridized carbons (Fsp3) is 0.750. The quantitative estimate of drug-likeness (QED) is 0.0743. The number of hydrogen-bond acceptors (Lipinski definition) is 35. The Kier molecular flexibility index (Phi) is 30.3. The molecule has 4 aliphatic heterocycles. The molecule has 2 fully saturated rings. The summed E-state index contributed by atoms with van der Waals surface area (Å²) in [6, 6.07) is 0.133. The molecule has 4 aliphatic rings. The lowest BCUT2D eigenvalue weighted by Gasteiger charge is -2.46. The van der Waals surface area contributed by atoms with Gasteiger partial charge in [-0.3, -0.25) is 9.80 Å². The van der Waals surface area contributed by atoms with E-state index in [0.717, 1.165) is 0 Å². The predicted molar refractivity (Wildman–Crippen MR) is 272 cm³/mol. The largest absolute Gasteiger partial charge is 0.506 e. The van der Waals surface area contributed by atoms with Gasteiger partial charge in [-0.15, -0.1) is 0 Å². The van der Waals surface area contributed by atoms with E-state index >= 15 is 0 Å². The molecule has 0 saturated carbocycles. The molecule has 35 heteroatoms. The Hall–Kier alpha value is -5.04. The summed E-state index contributed by atoms with van der Waals surface area (Å²) < 4.78 is 42.9. The maximum absolute atomic E-state index is 11.6. The Balaban J connectivity index is 2.28. The summed E-state index contributed by atoms with van der Waals surface area (Å²) in [5.74, 6) is -18.5. The number of fused-ring (bicyclic) bond motifs is 25. The third kappa shape index (κ3) is 20.0. The molecule has 0 aromatic carbocycles. The lowest BCUT2D eigenvalue weighted by molar-refractivity contribution is -0.327. The standard InChI is InChI=1S/C48H82N2O33/c1-20(2)50-11-9-49(10-12-50)19-27-41-34(63)40(69)48(82-27)81-25(7-17-55)32(61)38(67)46(74)80-26(8-18-56)33(62)42(70)76-21(3-13-51)28(57)35(64)43(71)77-22(4-14-52)29(58)36(65)44(72)78-23(5-15-53)30(59)37(66)45(73)79-24(6-16-54)31(60)39(68)47(75)83-41/h20-27,34,40-41,43-48,51-75H,3-19H2,1-2H3/b35-28-,36-29-,37-30-,38-32-,39-31-,42-33+. The van der Waals surface area contributed by atoms with Crippen LogP contribution in [0.25, 0.3) is 0 Å². The number of nitrogens with zero attached hydrogens (tertiary/aromatic N) is 2. The summed E-state index contributed by atoms with van der Waals surface area (Å²) in [4.78, 5) is 3.92. The van der Waals surface area contributed by atoms with Gasteiger partial charge in [-0.1, -0.05) is 0 Å². The topological polar surface area (TPSA) is 586 Å². The second-order valence-corrected chi connectivity index (χ2v) is 19.2. The molecule has 16 atom stereocenters. The first-order valence-corrected chi connectivity index (χ1v) is 26.0. The van der Waals surface area contributed by atoms with Crippen LogP contribution in [0.1, 0.15) is 52.4 Å². The van der Waals surface area contributed by atoms with Gasteiger partial charge in [0, 0.05) is 117 Å². The number of ether oxygens (including phenoxy) is 8. The van der Waals surface area contributed by atoms with E-state index in [2.05, 4.69) is 4.90 Å². The normalized spacial score (nSPS) is 38.9. The van der Waals surface area contributed by atoms with Crippen molar-refractivity contribution in [1.29, 1.82) is 0 Å². The lowest BCUT2D eigenvalue weighted by Crippen LogP contribution is -2.63. The molecular weight excluding hydrogens is 1130 g/mol. The third-order valence-corrected chi connectivity index (χ3v) is 13.1. The highest BCUT2D eigenvalue weighted by molar-refractivity contribution is 5.15. The molecular formula is C48H82N2O33. The van der Waals surface area contributed by atoms with E-state index in [1.165, 1.54) is 0 Å². The summed E-state index contributed by atoms with van der Waals surface area (Å²) >= 11 is 0. The van der Waals surface area contributed by atoms with E-state index < -0.39 is 246 Å². The first kappa shape index (κ1) is 72.2. The highest BCUT2D eigenvalue weighted by Gasteiger charge is 2.49. The third-order valence-electron chi connectivity index (χ3n) is 13.1. The van der Waals surface area contributed by atoms with E-state index in [4.69, 9.17) is 37.9 Å². The van der Waals surface area contributed by atoms with E-state index in [9.17, 15) is 128 Å². The lowest BCUT2D eigenvalue weighted by atomic mass is 9.97. The highest BCUT2D eigenvalue weighted by Crippen LogP contribution is 2.32. The summed E-state index contributed by atoms with van der Waals surface area (Å²) in [6.07, 6.45) is -41.7. The van der Waals surface area contributed by atoms with Crippen molar-refractivity contribution in [3.05, 3.63) is 69.3 Å². The molecule has 16 unspecified atom stereocenters. The van der Waals surface area contributed by atoms with Gasteiger partial charge in [0.05, 0.1) is 0 Å². The van der Waals surface area contributed by atoms with Crippen LogP contribution < -0.4 is 0 Å². The van der Waals surface area contributed by atoms with Crippen molar-refractivity contribution in [2.75, 3.05) is 72.4 Å². The second-order valence-electron chi connectivity index (χ2n) is 19.2. The SMILES string of the molecule is CC(C)N1CCN(CC2OC3OC(CCO)/C(O)=C(/O)C(O)OC(CCO)/C(O)=C(/O)OC(CCO)/C(O)=C(/O)C(O)OC(CCO)/C(O)=C(/O)C(O)OC(CCO)/C(O)=C(/O)C(O)OC(CCO)/C(O)=C(/O)C(O)OC2C(O)C3O)CC1. The summed E-state index contributed by atoms with van der Waals surface area (Å²) in [5.41, 5.74) is 0. The average molecular weight is 1220 g/mol. The minimum atomic E-state index is -2.84. The van der Waals surface area contributed by atoms with Crippen molar-refractivity contribution in [3.8, 4) is 0 Å². The van der Waals surface area contributed by atoms with Crippen molar-refractivity contribution >= 4 is 0 Å². The molecule has 0 aromatic rings. The van der Waals surface area contributed by atoms with Gasteiger partial charge in [-0.05, 0) is 13.8 Å². The number of aliphatic hydroxyl groups is 25. The molecule has 0 spiro atoms. The molecule has 482 valence electrons. The Morgan fingerprint density at radius 1 is 0.361 bits per heavy atom. The maximum Gasteiger partial charge on any atom is 0.319 e. The Morgan fingerprint density at radius 3 is 1.00 bits per heavy atom. The van der Waals surface area contributed by atoms with Crippen LogP contribution in [0.2, 0.25) is 0 Å². The van der Waals surface area contributed by atoms with E-state index in [1.807, 2.05) is 13.8 Å². The molecule has 4 rings (SSSR count). The van der Waals surface area contributed by atoms with Crippen molar-refractivity contribution < 1.29 is 166 Å². The van der Waals surface area contributed by atoms with Crippen LogP contribution in [0.3, 0.4) is 0 Å². The summed E-state index contributed by atoms with van der Waals surface area (Å²) in [6.45, 7) is -0.232. The second kappa shape index (κ2) is 34.8. The first-order chi connectivity index (χ1) is 39.1. The van der Waals surface area contributed by atoms with Crippen LogP contribution in [-0.4, -0.2) is 315 Å². The Morgan fingerprint density at radius 2 is 0.663 bits per heavy atom. The van der Waals surface area contributed by atoms with Crippen LogP contribution in [0.4, 0.5) is 0 Å². The van der Waals surface area contributed by atoms with Crippen LogP contribution in [0.15, 0.2) is 69.3 Å². The fourth-order valence-electron chi connectivity index (χ4n) is 8.40. The van der Waals surface area contributed by atoms with Gasteiger partial charge in [0.15, 0.2) is 70.0 Å². The van der Waals surface area contributed by atoms with Gasteiger partial charge in [0.2, 0.25) is 37.2 Å². The zero-order chi connectivity index (χ0) is 62.6. The highest BCUT2D eigenvalue weighted by atomic mass is 16.7. The number of aliphatic hydroxyl groups excluding tert-OH is 25. The van der Waals surface area contributed by atoms with E-state index in [-0.39, 0.29) is 12.6 Å². The van der Waals surface area contributed by atoms with Crippen LogP contribution >= 0.6 is 0 Å². The molecule has 0 aromatic heterocycles. The fourth-order valence-corrected chi connectivity index (χ4v) is 8.40. The molecule has 25 N–H and O–H groups in total. The van der Waals surface area contributed by atoms with E-state index in [1.54, 1.807) is 4.90 Å². The summed E-state index contributed by atoms with van der Waals surface area (Å²) in [7, 11) is 0. The van der Waals surface area contributed by atoms with Crippen LogP contribution in [0.5, 0.6) is 0 Å². The van der Waals surface area contributed by atoms with Crippen molar-refractivity contribution in [2.24, 2.45) is 0 Å². The molecule has 0 radical (unpaired) electrons. The molecule has 2 saturated heterocycles. The Labute approximate surface area is 473 Å². The smallest absolute Gasteiger partial charge is 0.319 e. The molecule has 83 heavy (non-hydrogen) atoms. The van der Waals surface area contributed by atoms with Gasteiger partial charge in [-0.2, -0.15) is 0 Å². The molecule has 35 nitrogen and oxygen atoms in total. The molecule has 0 aliphatic carbocycles. The van der Waals surface area contributed by atoms with Gasteiger partial charge in [0.1, 0.15) is 54.9 Å². The summed E-state index contributed by atoms with van der Waals surface area (Å²) in [5, 5.41) is 268. The van der Waals surface area contributed by atoms with E-state index in [0.29, 0.717) is 26.2 Å². The number of rotatable bonds is 15. The minimum Gasteiger partial charge on any atom is -0.506 e. The molecule has 0 amide bonds. The minimum absolute atomic E-state index is 0.133. The van der Waals surface area contributed by atoms with Gasteiger partial charge in [0.25, 0.3) is 0 Å². The monoisotopic (exact) mass is 1210 g/mol. The zero-order valence-corrected chi connectivity index (χ0v) is 45.2. The van der Waals surface area contributed by atoms with Gasteiger partial charge in [-0.25, -0.2) is 0 Å². The van der Waals surface area contributed by atoms with Crippen molar-refractivity contribution in [2.45, 2.75) is 157 Å². The number of piperazine rings is 1. The van der Waals surface area contributed by atoms with Gasteiger partial charge < -0.3 is 166 Å². The van der Waals surface area contributed by atoms with Gasteiger partial charge >= 0.3 is 5.95 Å². The molecule has 4 heterocycles. The number of hydrogen-bond donors (Lipinski definition) is 25. The Bertz CT molecular complexity index is 2170. The maximum atomic E-state index is 11.6.